The fraction of sp³-hybridized carbons (Fsp3) is 0.333. The lowest BCUT2D eigenvalue weighted by Crippen LogP contribution is -2.42. The molecular formula is C33H35F3N6O2S. The van der Waals surface area contributed by atoms with Gasteiger partial charge >= 0.3 is 12.4 Å². The smallest absolute Gasteiger partial charge is 0.406 e. The Balaban J connectivity index is 1.09. The summed E-state index contributed by atoms with van der Waals surface area (Å²) in [7, 11) is 0. The maximum atomic E-state index is 12.7. The summed E-state index contributed by atoms with van der Waals surface area (Å²) < 4.78 is 42.6. The number of benzene rings is 3. The molecule has 0 aliphatic carbocycles. The Morgan fingerprint density at radius 3 is 2.56 bits per heavy atom. The van der Waals surface area contributed by atoms with E-state index in [4.69, 9.17) is 0 Å². The average Bonchev–Trinajstić information content (AvgIpc) is 3.51. The van der Waals surface area contributed by atoms with Crippen molar-refractivity contribution >= 4 is 28.6 Å². The lowest BCUT2D eigenvalue weighted by Gasteiger charge is -2.36. The lowest BCUT2D eigenvalue weighted by molar-refractivity contribution is -0.274. The van der Waals surface area contributed by atoms with Crippen molar-refractivity contribution < 1.29 is 22.7 Å². The number of para-hydroxylation sites is 1. The van der Waals surface area contributed by atoms with Crippen LogP contribution in [0, 0.1) is 0 Å². The molecular weight excluding hydrogens is 601 g/mol. The van der Waals surface area contributed by atoms with Crippen molar-refractivity contribution in [3.05, 3.63) is 90.3 Å². The van der Waals surface area contributed by atoms with Gasteiger partial charge in [0.15, 0.2) is 11.0 Å². The van der Waals surface area contributed by atoms with E-state index in [-0.39, 0.29) is 17.8 Å². The maximum absolute atomic E-state index is 12.7. The highest BCUT2D eigenvalue weighted by atomic mass is 32.2. The van der Waals surface area contributed by atoms with E-state index >= 15 is 0 Å². The van der Waals surface area contributed by atoms with Gasteiger partial charge in [0.05, 0.1) is 5.69 Å². The molecule has 1 fully saturated rings. The van der Waals surface area contributed by atoms with E-state index in [1.807, 2.05) is 36.4 Å². The Hall–Kier alpha value is -4.32. The summed E-state index contributed by atoms with van der Waals surface area (Å²) in [6.07, 6.45) is 1.30. The van der Waals surface area contributed by atoms with Crippen molar-refractivity contribution in [2.45, 2.75) is 58.4 Å². The van der Waals surface area contributed by atoms with E-state index < -0.39 is 6.36 Å². The number of unbranched alkanes of at least 4 members (excludes halogenated alkanes) is 1. The molecule has 5 rings (SSSR count). The number of thioether (sulfide) groups is 1. The van der Waals surface area contributed by atoms with E-state index in [2.05, 4.69) is 56.0 Å². The van der Waals surface area contributed by atoms with Gasteiger partial charge in [-0.15, -0.1) is 18.3 Å². The quantitative estimate of drug-likeness (QED) is 0.179. The number of hydrogen-bond donors (Lipinski definition) is 1. The number of nitrogens with zero attached hydrogens (tertiary/aromatic N) is 5. The number of rotatable bonds is 10. The lowest BCUT2D eigenvalue weighted by atomic mass is 10.1. The zero-order chi connectivity index (χ0) is 31.8. The van der Waals surface area contributed by atoms with Crippen molar-refractivity contribution in [2.75, 3.05) is 17.2 Å². The molecule has 45 heavy (non-hydrogen) atoms. The van der Waals surface area contributed by atoms with Gasteiger partial charge in [0.25, 0.3) is 0 Å². The van der Waals surface area contributed by atoms with E-state index in [9.17, 15) is 18.0 Å². The van der Waals surface area contributed by atoms with Crippen molar-refractivity contribution in [1.82, 2.24) is 20.1 Å². The van der Waals surface area contributed by atoms with Gasteiger partial charge in [0, 0.05) is 29.6 Å². The summed E-state index contributed by atoms with van der Waals surface area (Å²) >= 11 is 1.63. The zero-order valence-corrected chi connectivity index (χ0v) is 25.9. The average molecular weight is 637 g/mol. The molecule has 1 aliphatic heterocycles. The van der Waals surface area contributed by atoms with E-state index in [1.165, 1.54) is 40.8 Å². The number of hydrogen-bond acceptors (Lipinski definition) is 5. The van der Waals surface area contributed by atoms with Crippen LogP contribution >= 0.6 is 11.8 Å². The first kappa shape index (κ1) is 32.1. The molecule has 8 nitrogen and oxygen atoms in total. The zero-order valence-electron chi connectivity index (χ0n) is 25.1. The summed E-state index contributed by atoms with van der Waals surface area (Å²) in [6, 6.07) is 21.6. The minimum atomic E-state index is -4.74. The van der Waals surface area contributed by atoms with Crippen molar-refractivity contribution in [2.24, 2.45) is 4.99 Å². The number of ether oxygens (including phenoxy) is 1. The van der Waals surface area contributed by atoms with E-state index in [1.54, 1.807) is 11.8 Å². The third-order valence-corrected chi connectivity index (χ3v) is 8.44. The van der Waals surface area contributed by atoms with Crippen LogP contribution in [0.25, 0.3) is 17.1 Å². The molecule has 1 unspecified atom stereocenters. The molecule has 12 heteroatoms. The SMILES string of the molecule is CCc1ccccc1N1C(=NC(=O)NCCCCc2ccc(-c3ncn(-c4ccc(OC(F)(F)F)cc4)n3)cc2)SCCC1C. The molecule has 1 atom stereocenters. The number of carbonyl (C=O) groups is 1. The summed E-state index contributed by atoms with van der Waals surface area (Å²) in [4.78, 5) is 23.7. The number of amides is 2. The molecule has 0 spiro atoms. The standard InChI is InChI=1S/C33H35F3N6O2S/c1-3-25-9-4-5-10-29(25)42-23(2)19-21-45-32(42)39-31(43)37-20-7-6-8-24-11-13-26(14-12-24)30-38-22-41(40-30)27-15-17-28(18-16-27)44-33(34,35)36/h4-5,9-18,22-23H,3,6-8,19-21H2,1-2H3,(H,37,43). The van der Waals surface area contributed by atoms with Crippen LogP contribution < -0.4 is 15.0 Å². The molecule has 1 aliphatic rings. The van der Waals surface area contributed by atoms with Crippen LogP contribution in [0.15, 0.2) is 84.1 Å². The first-order valence-corrected chi connectivity index (χ1v) is 15.9. The van der Waals surface area contributed by atoms with Gasteiger partial charge in [0.1, 0.15) is 12.1 Å². The number of amidine groups is 1. The number of halogens is 3. The monoisotopic (exact) mass is 636 g/mol. The fourth-order valence-corrected chi connectivity index (χ4v) is 6.30. The number of anilines is 1. The van der Waals surface area contributed by atoms with E-state index in [0.29, 0.717) is 18.1 Å². The molecule has 2 heterocycles. The Kier molecular flexibility index (Phi) is 10.4. The Labute approximate surface area is 264 Å². The summed E-state index contributed by atoms with van der Waals surface area (Å²) in [5.41, 5.74) is 4.90. The van der Waals surface area contributed by atoms with Crippen LogP contribution in [0.2, 0.25) is 0 Å². The predicted molar refractivity (Wildman–Crippen MR) is 172 cm³/mol. The third kappa shape index (κ3) is 8.65. The van der Waals surface area contributed by atoms with Gasteiger partial charge in [-0.3, -0.25) is 0 Å². The number of nitrogens with one attached hydrogen (secondary N) is 1. The van der Waals surface area contributed by atoms with Gasteiger partial charge < -0.3 is 15.0 Å². The van der Waals surface area contributed by atoms with Crippen LogP contribution in [0.4, 0.5) is 23.7 Å². The van der Waals surface area contributed by atoms with Crippen molar-refractivity contribution in [3.8, 4) is 22.8 Å². The van der Waals surface area contributed by atoms with Crippen LogP contribution in [-0.4, -0.2) is 50.7 Å². The van der Waals surface area contributed by atoms with Crippen molar-refractivity contribution in [3.63, 3.8) is 0 Å². The Morgan fingerprint density at radius 1 is 1.07 bits per heavy atom. The normalized spacial score (nSPS) is 16.2. The fourth-order valence-electron chi connectivity index (χ4n) is 5.10. The minimum absolute atomic E-state index is 0.269. The second-order valence-corrected chi connectivity index (χ2v) is 11.7. The number of aromatic nitrogens is 3. The minimum Gasteiger partial charge on any atom is -0.406 e. The van der Waals surface area contributed by atoms with Gasteiger partial charge in [-0.25, -0.2) is 14.5 Å². The molecule has 236 valence electrons. The molecule has 1 N–H and O–H groups in total. The topological polar surface area (TPSA) is 84.6 Å². The summed E-state index contributed by atoms with van der Waals surface area (Å²) in [6.45, 7) is 4.86. The number of carbonyl (C=O) groups excluding carboxylic acids is 1. The van der Waals surface area contributed by atoms with Crippen LogP contribution in [-0.2, 0) is 12.8 Å². The maximum Gasteiger partial charge on any atom is 0.573 e. The molecule has 3 aromatic carbocycles. The van der Waals surface area contributed by atoms with Crippen LogP contribution in [0.1, 0.15) is 44.2 Å². The van der Waals surface area contributed by atoms with Crippen molar-refractivity contribution in [1.29, 1.82) is 0 Å². The molecule has 1 aromatic heterocycles. The van der Waals surface area contributed by atoms with Crippen LogP contribution in [0.3, 0.4) is 0 Å². The first-order valence-electron chi connectivity index (χ1n) is 14.9. The molecule has 0 bridgehead atoms. The Bertz CT molecular complexity index is 1610. The first-order chi connectivity index (χ1) is 21.7. The highest BCUT2D eigenvalue weighted by Gasteiger charge is 2.31. The second kappa shape index (κ2) is 14.6. The highest BCUT2D eigenvalue weighted by Crippen LogP contribution is 2.32. The molecule has 0 saturated carbocycles. The highest BCUT2D eigenvalue weighted by molar-refractivity contribution is 8.14. The molecule has 0 radical (unpaired) electrons. The van der Waals surface area contributed by atoms with Gasteiger partial charge in [-0.2, -0.15) is 4.99 Å². The number of aryl methyl sites for hydroxylation is 2. The second-order valence-electron chi connectivity index (χ2n) is 10.7. The predicted octanol–water partition coefficient (Wildman–Crippen LogP) is 7.82. The summed E-state index contributed by atoms with van der Waals surface area (Å²) in [5, 5.41) is 8.15. The van der Waals surface area contributed by atoms with E-state index in [0.717, 1.165) is 59.8 Å². The number of aliphatic imine (C=N–C) groups is 1. The van der Waals surface area contributed by atoms with Gasteiger partial charge in [-0.1, -0.05) is 61.2 Å². The molecule has 4 aromatic rings. The van der Waals surface area contributed by atoms with Gasteiger partial charge in [-0.05, 0) is 80.5 Å². The number of alkyl halides is 3. The Morgan fingerprint density at radius 2 is 1.82 bits per heavy atom. The number of urea groups is 1. The third-order valence-electron chi connectivity index (χ3n) is 7.45. The molecule has 2 amide bonds. The van der Waals surface area contributed by atoms with Crippen LogP contribution in [0.5, 0.6) is 5.75 Å². The molecule has 1 saturated heterocycles. The van der Waals surface area contributed by atoms with Gasteiger partial charge in [0.2, 0.25) is 0 Å². The summed E-state index contributed by atoms with van der Waals surface area (Å²) in [5.74, 6) is 1.14. The largest absolute Gasteiger partial charge is 0.573 e.